The van der Waals surface area contributed by atoms with Gasteiger partial charge in [-0.15, -0.1) is 0 Å². The molecule has 0 atom stereocenters. The van der Waals surface area contributed by atoms with Gasteiger partial charge in [0.15, 0.2) is 5.58 Å². The van der Waals surface area contributed by atoms with Crippen molar-refractivity contribution in [1.29, 1.82) is 0 Å². The number of aromatic nitrogens is 1. The van der Waals surface area contributed by atoms with Gasteiger partial charge in [-0.1, -0.05) is 6.42 Å². The van der Waals surface area contributed by atoms with Gasteiger partial charge in [0.2, 0.25) is 10.0 Å². The lowest BCUT2D eigenvalue weighted by molar-refractivity contribution is 0.346. The SMILES string of the molecule is O=c1[nH]c2cc(S(=O)(=O)N3CCCCC3)ccc2o1. The van der Waals surface area contributed by atoms with Crippen molar-refractivity contribution in [3.63, 3.8) is 0 Å². The molecular formula is C12H14N2O4S. The Balaban J connectivity index is 2.04. The number of hydrogen-bond donors (Lipinski definition) is 1. The number of piperidine rings is 1. The molecule has 1 fully saturated rings. The van der Waals surface area contributed by atoms with E-state index in [1.165, 1.54) is 22.5 Å². The van der Waals surface area contributed by atoms with Crippen LogP contribution in [0.4, 0.5) is 0 Å². The van der Waals surface area contributed by atoms with E-state index in [1.807, 2.05) is 0 Å². The summed E-state index contributed by atoms with van der Waals surface area (Å²) in [5.74, 6) is -0.581. The van der Waals surface area contributed by atoms with E-state index in [0.717, 1.165) is 19.3 Å². The van der Waals surface area contributed by atoms with Gasteiger partial charge in [0.25, 0.3) is 0 Å². The maximum Gasteiger partial charge on any atom is 0.417 e. The van der Waals surface area contributed by atoms with Crippen LogP contribution in [0.1, 0.15) is 19.3 Å². The monoisotopic (exact) mass is 282 g/mol. The molecule has 19 heavy (non-hydrogen) atoms. The maximum atomic E-state index is 12.4. The van der Waals surface area contributed by atoms with Crippen molar-refractivity contribution >= 4 is 21.1 Å². The molecule has 0 radical (unpaired) electrons. The Morgan fingerprint density at radius 3 is 2.63 bits per heavy atom. The summed E-state index contributed by atoms with van der Waals surface area (Å²) in [6.07, 6.45) is 2.86. The molecule has 0 unspecified atom stereocenters. The first kappa shape index (κ1) is 12.4. The van der Waals surface area contributed by atoms with Crippen LogP contribution >= 0.6 is 0 Å². The molecule has 6 nitrogen and oxygen atoms in total. The molecule has 0 bridgehead atoms. The van der Waals surface area contributed by atoms with Crippen molar-refractivity contribution in [2.45, 2.75) is 24.2 Å². The number of hydrogen-bond acceptors (Lipinski definition) is 4. The van der Waals surface area contributed by atoms with Crippen LogP contribution in [0.3, 0.4) is 0 Å². The predicted molar refractivity (Wildman–Crippen MR) is 69.4 cm³/mol. The molecule has 0 spiro atoms. The van der Waals surface area contributed by atoms with Crippen molar-refractivity contribution in [1.82, 2.24) is 9.29 Å². The van der Waals surface area contributed by atoms with E-state index >= 15 is 0 Å². The van der Waals surface area contributed by atoms with E-state index in [4.69, 9.17) is 4.42 Å². The van der Waals surface area contributed by atoms with Crippen molar-refractivity contribution in [3.05, 3.63) is 28.7 Å². The first-order chi connectivity index (χ1) is 9.07. The third-order valence-corrected chi connectivity index (χ3v) is 5.24. The van der Waals surface area contributed by atoms with E-state index in [2.05, 4.69) is 4.98 Å². The fourth-order valence-electron chi connectivity index (χ4n) is 2.35. The van der Waals surface area contributed by atoms with Gasteiger partial charge in [-0.2, -0.15) is 4.31 Å². The van der Waals surface area contributed by atoms with E-state index in [1.54, 1.807) is 0 Å². The van der Waals surface area contributed by atoms with Gasteiger partial charge in [-0.3, -0.25) is 4.98 Å². The van der Waals surface area contributed by atoms with Gasteiger partial charge in [0.05, 0.1) is 10.4 Å². The zero-order valence-corrected chi connectivity index (χ0v) is 11.1. The van der Waals surface area contributed by atoms with E-state index < -0.39 is 15.8 Å². The highest BCUT2D eigenvalue weighted by molar-refractivity contribution is 7.89. The third-order valence-electron chi connectivity index (χ3n) is 3.34. The summed E-state index contributed by atoms with van der Waals surface area (Å²) in [6, 6.07) is 4.43. The number of benzene rings is 1. The molecule has 1 aliphatic rings. The molecule has 0 saturated carbocycles. The quantitative estimate of drug-likeness (QED) is 0.899. The summed E-state index contributed by atoms with van der Waals surface area (Å²) in [5, 5.41) is 0. The number of rotatable bonds is 2. The van der Waals surface area contributed by atoms with E-state index in [-0.39, 0.29) is 4.90 Å². The second-order valence-corrected chi connectivity index (χ2v) is 6.58. The maximum absolute atomic E-state index is 12.4. The van der Waals surface area contributed by atoms with Crippen LogP contribution in [0.2, 0.25) is 0 Å². The van der Waals surface area contributed by atoms with Gasteiger partial charge in [0, 0.05) is 13.1 Å². The molecule has 1 N–H and O–H groups in total. The zero-order valence-electron chi connectivity index (χ0n) is 10.3. The molecule has 2 aromatic rings. The first-order valence-electron chi connectivity index (χ1n) is 6.20. The lowest BCUT2D eigenvalue weighted by Gasteiger charge is -2.25. The van der Waals surface area contributed by atoms with Crippen LogP contribution in [0.15, 0.2) is 32.3 Å². The summed E-state index contributed by atoms with van der Waals surface area (Å²) in [5.41, 5.74) is 0.769. The molecule has 2 heterocycles. The summed E-state index contributed by atoms with van der Waals surface area (Å²) in [4.78, 5) is 13.7. The predicted octanol–water partition coefficient (Wildman–Crippen LogP) is 1.30. The number of sulfonamides is 1. The highest BCUT2D eigenvalue weighted by atomic mass is 32.2. The van der Waals surface area contributed by atoms with Gasteiger partial charge in [0.1, 0.15) is 0 Å². The Labute approximate surface area is 110 Å². The molecule has 3 rings (SSSR count). The average Bonchev–Trinajstić information content (AvgIpc) is 2.78. The number of fused-ring (bicyclic) bond motifs is 1. The number of oxazole rings is 1. The van der Waals surface area contributed by atoms with E-state index in [9.17, 15) is 13.2 Å². The topological polar surface area (TPSA) is 83.4 Å². The summed E-state index contributed by atoms with van der Waals surface area (Å²) in [7, 11) is -3.47. The summed E-state index contributed by atoms with van der Waals surface area (Å²) in [6.45, 7) is 1.12. The minimum absolute atomic E-state index is 0.193. The zero-order chi connectivity index (χ0) is 13.5. The number of H-pyrrole nitrogens is 1. The van der Waals surface area contributed by atoms with Gasteiger partial charge < -0.3 is 4.42 Å². The molecule has 0 aliphatic carbocycles. The Bertz CT molecular complexity index is 753. The standard InChI is InChI=1S/C12H14N2O4S/c15-12-13-10-8-9(4-5-11(10)18-12)19(16,17)14-6-2-1-3-7-14/h4-5,8H,1-3,6-7H2,(H,13,15). The Morgan fingerprint density at radius 2 is 1.89 bits per heavy atom. The normalized spacial score (nSPS) is 17.9. The fraction of sp³-hybridized carbons (Fsp3) is 0.417. The highest BCUT2D eigenvalue weighted by Gasteiger charge is 2.26. The largest absolute Gasteiger partial charge is 0.417 e. The van der Waals surface area contributed by atoms with Crippen molar-refractivity contribution < 1.29 is 12.8 Å². The molecule has 7 heteroatoms. The minimum Gasteiger partial charge on any atom is -0.408 e. The van der Waals surface area contributed by atoms with Crippen LogP contribution in [0.5, 0.6) is 0 Å². The van der Waals surface area contributed by atoms with E-state index in [0.29, 0.717) is 24.2 Å². The Hall–Kier alpha value is -1.60. The fourth-order valence-corrected chi connectivity index (χ4v) is 3.89. The summed E-state index contributed by atoms with van der Waals surface area (Å²) < 4.78 is 31.2. The average molecular weight is 282 g/mol. The molecule has 1 aromatic carbocycles. The molecule has 102 valence electrons. The second-order valence-electron chi connectivity index (χ2n) is 4.64. The van der Waals surface area contributed by atoms with Crippen LogP contribution < -0.4 is 5.76 Å². The van der Waals surface area contributed by atoms with Gasteiger partial charge >= 0.3 is 5.76 Å². The lowest BCUT2D eigenvalue weighted by Crippen LogP contribution is -2.35. The number of aromatic amines is 1. The molecule has 1 saturated heterocycles. The molecule has 1 aliphatic heterocycles. The Morgan fingerprint density at radius 1 is 1.16 bits per heavy atom. The van der Waals surface area contributed by atoms with Crippen LogP contribution in [0.25, 0.3) is 11.1 Å². The third kappa shape index (κ3) is 2.19. The van der Waals surface area contributed by atoms with Gasteiger partial charge in [-0.25, -0.2) is 13.2 Å². The van der Waals surface area contributed by atoms with Gasteiger partial charge in [-0.05, 0) is 31.0 Å². The molecular weight excluding hydrogens is 268 g/mol. The van der Waals surface area contributed by atoms with Crippen LogP contribution in [-0.2, 0) is 10.0 Å². The highest BCUT2D eigenvalue weighted by Crippen LogP contribution is 2.22. The second kappa shape index (κ2) is 4.50. The number of nitrogens with one attached hydrogen (secondary N) is 1. The molecule has 1 aromatic heterocycles. The summed E-state index contributed by atoms with van der Waals surface area (Å²) >= 11 is 0. The lowest BCUT2D eigenvalue weighted by atomic mass is 10.2. The minimum atomic E-state index is -3.47. The van der Waals surface area contributed by atoms with Crippen LogP contribution in [-0.4, -0.2) is 30.8 Å². The van der Waals surface area contributed by atoms with Crippen molar-refractivity contribution in [2.24, 2.45) is 0 Å². The number of nitrogens with zero attached hydrogens (tertiary/aromatic N) is 1. The van der Waals surface area contributed by atoms with Crippen molar-refractivity contribution in [2.75, 3.05) is 13.1 Å². The molecule has 0 amide bonds. The van der Waals surface area contributed by atoms with Crippen molar-refractivity contribution in [3.8, 4) is 0 Å². The van der Waals surface area contributed by atoms with Crippen LogP contribution in [0, 0.1) is 0 Å². The smallest absolute Gasteiger partial charge is 0.408 e. The Kier molecular flexibility index (Phi) is 2.94. The first-order valence-corrected chi connectivity index (χ1v) is 7.64.